The number of nitrogens with zero attached hydrogens (tertiary/aromatic N) is 4. The van der Waals surface area contributed by atoms with Crippen molar-refractivity contribution >= 4 is 23.3 Å². The van der Waals surface area contributed by atoms with Crippen LogP contribution in [0.4, 0.5) is 11.5 Å². The quantitative estimate of drug-likeness (QED) is 0.480. The summed E-state index contributed by atoms with van der Waals surface area (Å²) in [4.78, 5) is 13.2. The van der Waals surface area contributed by atoms with Crippen LogP contribution in [0, 0.1) is 0 Å². The zero-order valence-corrected chi connectivity index (χ0v) is 15.8. The second-order valence-electron chi connectivity index (χ2n) is 5.70. The third-order valence-corrected chi connectivity index (χ3v) is 4.86. The molecule has 1 N–H and O–H groups in total. The van der Waals surface area contributed by atoms with Gasteiger partial charge in [-0.25, -0.2) is 0 Å². The highest BCUT2D eigenvalue weighted by atomic mass is 32.2. The van der Waals surface area contributed by atoms with Crippen molar-refractivity contribution < 1.29 is 9.15 Å². The zero-order chi connectivity index (χ0) is 19.3. The van der Waals surface area contributed by atoms with E-state index in [0.29, 0.717) is 22.3 Å². The van der Waals surface area contributed by atoms with E-state index in [2.05, 4.69) is 15.5 Å². The first-order valence-corrected chi connectivity index (χ1v) is 9.43. The van der Waals surface area contributed by atoms with E-state index >= 15 is 0 Å². The van der Waals surface area contributed by atoms with Crippen LogP contribution in [0.1, 0.15) is 5.76 Å². The first-order valence-electron chi connectivity index (χ1n) is 8.45. The van der Waals surface area contributed by atoms with E-state index in [4.69, 9.17) is 9.15 Å². The second kappa shape index (κ2) is 8.05. The number of hydrogen-bond donors (Lipinski definition) is 1. The highest BCUT2D eigenvalue weighted by Crippen LogP contribution is 2.26. The molecule has 0 unspecified atom stereocenters. The molecule has 4 rings (SSSR count). The minimum absolute atomic E-state index is 0.0977. The van der Waals surface area contributed by atoms with E-state index in [1.54, 1.807) is 42.6 Å². The molecule has 0 atom stereocenters. The smallest absolute Gasteiger partial charge is 0.316 e. The van der Waals surface area contributed by atoms with Crippen LogP contribution < -0.4 is 15.6 Å². The Kier molecular flexibility index (Phi) is 5.16. The molecule has 0 spiro atoms. The van der Waals surface area contributed by atoms with Crippen molar-refractivity contribution in [2.45, 2.75) is 10.9 Å². The highest BCUT2D eigenvalue weighted by molar-refractivity contribution is 7.98. The van der Waals surface area contributed by atoms with Gasteiger partial charge in [0.15, 0.2) is 0 Å². The molecule has 0 aliphatic heterocycles. The fourth-order valence-corrected chi connectivity index (χ4v) is 3.44. The Morgan fingerprint density at radius 3 is 2.68 bits per heavy atom. The lowest BCUT2D eigenvalue weighted by Gasteiger charge is -2.14. The molecule has 3 heterocycles. The van der Waals surface area contributed by atoms with E-state index in [-0.39, 0.29) is 11.4 Å². The van der Waals surface area contributed by atoms with Crippen LogP contribution in [0.3, 0.4) is 0 Å². The number of methoxy groups -OCH3 is 1. The van der Waals surface area contributed by atoms with Gasteiger partial charge in [-0.15, -0.1) is 10.2 Å². The molecule has 0 saturated heterocycles. The Morgan fingerprint density at radius 1 is 1.11 bits per heavy atom. The normalized spacial score (nSPS) is 10.8. The number of rotatable bonds is 7. The van der Waals surface area contributed by atoms with Gasteiger partial charge in [0.05, 0.1) is 24.8 Å². The van der Waals surface area contributed by atoms with E-state index in [0.717, 1.165) is 5.76 Å². The summed E-state index contributed by atoms with van der Waals surface area (Å²) in [5, 5.41) is 11.8. The third kappa shape index (κ3) is 3.65. The molecule has 0 aliphatic rings. The molecule has 1 aromatic carbocycles. The van der Waals surface area contributed by atoms with Gasteiger partial charge < -0.3 is 14.5 Å². The van der Waals surface area contributed by atoms with Crippen molar-refractivity contribution in [2.75, 3.05) is 12.4 Å². The summed E-state index contributed by atoms with van der Waals surface area (Å²) in [6, 6.07) is 14.7. The number of furan rings is 1. The Bertz CT molecular complexity index is 1110. The minimum Gasteiger partial charge on any atom is -0.495 e. The number of anilines is 2. The molecule has 0 radical (unpaired) electrons. The first-order chi connectivity index (χ1) is 13.8. The summed E-state index contributed by atoms with van der Waals surface area (Å²) in [5.74, 6) is 2.02. The van der Waals surface area contributed by atoms with Crippen molar-refractivity contribution in [3.63, 3.8) is 0 Å². The second-order valence-corrected chi connectivity index (χ2v) is 6.65. The Morgan fingerprint density at radius 2 is 1.93 bits per heavy atom. The number of aromatic nitrogens is 4. The number of para-hydroxylation sites is 2. The predicted molar refractivity (Wildman–Crippen MR) is 106 cm³/mol. The molecule has 0 fully saturated rings. The van der Waals surface area contributed by atoms with E-state index in [9.17, 15) is 4.79 Å². The van der Waals surface area contributed by atoms with Crippen LogP contribution in [0.2, 0.25) is 0 Å². The first kappa shape index (κ1) is 17.9. The van der Waals surface area contributed by atoms with Crippen molar-refractivity contribution in [1.29, 1.82) is 0 Å². The number of thioether (sulfide) groups is 1. The lowest BCUT2D eigenvalue weighted by Crippen LogP contribution is -2.30. The van der Waals surface area contributed by atoms with Gasteiger partial charge in [-0.1, -0.05) is 23.9 Å². The summed E-state index contributed by atoms with van der Waals surface area (Å²) >= 11 is 1.36. The SMILES string of the molecule is COc1ccccc1Nc1nnc(SCc2ccco2)n(-n2cccc2)c1=O. The number of hydrogen-bond acceptors (Lipinski definition) is 7. The fourth-order valence-electron chi connectivity index (χ4n) is 2.60. The molecule has 0 amide bonds. The third-order valence-electron chi connectivity index (χ3n) is 3.92. The van der Waals surface area contributed by atoms with Crippen molar-refractivity contribution in [2.24, 2.45) is 0 Å². The maximum atomic E-state index is 13.2. The van der Waals surface area contributed by atoms with E-state index < -0.39 is 0 Å². The molecule has 4 aromatic rings. The van der Waals surface area contributed by atoms with Crippen molar-refractivity contribution in [3.8, 4) is 5.75 Å². The lowest BCUT2D eigenvalue weighted by molar-refractivity contribution is 0.416. The average molecular weight is 395 g/mol. The maximum absolute atomic E-state index is 13.2. The molecular formula is C19H17N5O3S. The average Bonchev–Trinajstić information content (AvgIpc) is 3.42. The van der Waals surface area contributed by atoms with Crippen LogP contribution in [0.15, 0.2) is 81.6 Å². The highest BCUT2D eigenvalue weighted by Gasteiger charge is 2.16. The van der Waals surface area contributed by atoms with Gasteiger partial charge in [-0.2, -0.15) is 4.68 Å². The van der Waals surface area contributed by atoms with E-state index in [1.807, 2.05) is 36.4 Å². The van der Waals surface area contributed by atoms with Gasteiger partial charge in [0, 0.05) is 12.4 Å². The molecular weight excluding hydrogens is 378 g/mol. The van der Waals surface area contributed by atoms with Gasteiger partial charge in [0.1, 0.15) is 11.5 Å². The standard InChI is InChI=1S/C19H17N5O3S/c1-26-16-9-3-2-8-15(16)20-17-18(25)24(23-10-4-5-11-23)19(22-21-17)28-13-14-7-6-12-27-14/h2-12H,13H2,1H3,(H,20,21). The van der Waals surface area contributed by atoms with Crippen LogP contribution in [-0.4, -0.2) is 26.7 Å². The largest absolute Gasteiger partial charge is 0.495 e. The molecule has 28 heavy (non-hydrogen) atoms. The Balaban J connectivity index is 1.71. The van der Waals surface area contributed by atoms with Gasteiger partial charge in [0.2, 0.25) is 11.0 Å². The van der Waals surface area contributed by atoms with Crippen LogP contribution >= 0.6 is 11.8 Å². The Labute approximate surface area is 164 Å². The molecule has 142 valence electrons. The van der Waals surface area contributed by atoms with Crippen molar-refractivity contribution in [3.05, 3.63) is 83.3 Å². The van der Waals surface area contributed by atoms with E-state index in [1.165, 1.54) is 16.4 Å². The zero-order valence-electron chi connectivity index (χ0n) is 15.0. The number of benzene rings is 1. The summed E-state index contributed by atoms with van der Waals surface area (Å²) in [7, 11) is 1.57. The van der Waals surface area contributed by atoms with Gasteiger partial charge in [-0.05, 0) is 36.4 Å². The molecule has 8 nitrogen and oxygen atoms in total. The van der Waals surface area contributed by atoms with Gasteiger partial charge in [-0.3, -0.25) is 9.47 Å². The molecule has 0 bridgehead atoms. The fraction of sp³-hybridized carbons (Fsp3) is 0.105. The number of nitrogens with one attached hydrogen (secondary N) is 1. The minimum atomic E-state index is -0.334. The van der Waals surface area contributed by atoms with Crippen molar-refractivity contribution in [1.82, 2.24) is 19.5 Å². The molecule has 0 saturated carbocycles. The van der Waals surface area contributed by atoms with Crippen LogP contribution in [0.5, 0.6) is 5.75 Å². The number of ether oxygens (including phenoxy) is 1. The van der Waals surface area contributed by atoms with Gasteiger partial charge in [0.25, 0.3) is 0 Å². The van der Waals surface area contributed by atoms with Crippen LogP contribution in [0.25, 0.3) is 0 Å². The summed E-state index contributed by atoms with van der Waals surface area (Å²) in [6.07, 6.45) is 5.15. The summed E-state index contributed by atoms with van der Waals surface area (Å²) in [5.41, 5.74) is 0.297. The topological polar surface area (TPSA) is 87.1 Å². The molecule has 9 heteroatoms. The monoisotopic (exact) mass is 395 g/mol. The van der Waals surface area contributed by atoms with Gasteiger partial charge >= 0.3 is 5.56 Å². The lowest BCUT2D eigenvalue weighted by atomic mass is 10.3. The van der Waals surface area contributed by atoms with Crippen LogP contribution in [-0.2, 0) is 5.75 Å². The molecule has 0 aliphatic carbocycles. The Hall–Kier alpha value is -3.46. The molecule has 3 aromatic heterocycles. The predicted octanol–water partition coefficient (Wildman–Crippen LogP) is 3.39. The summed E-state index contributed by atoms with van der Waals surface area (Å²) < 4.78 is 13.8. The summed E-state index contributed by atoms with van der Waals surface area (Å²) in [6.45, 7) is 0. The maximum Gasteiger partial charge on any atom is 0.316 e.